The molecular formula is C22H26N2O3. The highest BCUT2D eigenvalue weighted by atomic mass is 16.5. The zero-order chi connectivity index (χ0) is 19.4. The zero-order valence-electron chi connectivity index (χ0n) is 16.1. The van der Waals surface area contributed by atoms with Gasteiger partial charge in [-0.25, -0.2) is 0 Å². The second-order valence-corrected chi connectivity index (χ2v) is 7.20. The zero-order valence-corrected chi connectivity index (χ0v) is 16.1. The monoisotopic (exact) mass is 366 g/mol. The van der Waals surface area contributed by atoms with Crippen LogP contribution in [0.25, 0.3) is 0 Å². The van der Waals surface area contributed by atoms with Gasteiger partial charge in [-0.05, 0) is 47.7 Å². The molecule has 5 nitrogen and oxygen atoms in total. The number of hydrogen-bond acceptors (Lipinski definition) is 3. The van der Waals surface area contributed by atoms with E-state index in [2.05, 4.69) is 17.4 Å². The summed E-state index contributed by atoms with van der Waals surface area (Å²) in [5.41, 5.74) is 2.99. The maximum absolute atomic E-state index is 13.1. The van der Waals surface area contributed by atoms with Gasteiger partial charge in [-0.3, -0.25) is 9.59 Å². The molecule has 2 aromatic rings. The van der Waals surface area contributed by atoms with E-state index in [1.54, 1.807) is 31.4 Å². The summed E-state index contributed by atoms with van der Waals surface area (Å²) in [6.45, 7) is 5.18. The van der Waals surface area contributed by atoms with E-state index in [0.29, 0.717) is 24.4 Å². The van der Waals surface area contributed by atoms with Crippen molar-refractivity contribution >= 4 is 11.8 Å². The van der Waals surface area contributed by atoms with Gasteiger partial charge in [0.15, 0.2) is 0 Å². The minimum Gasteiger partial charge on any atom is -0.497 e. The number of ether oxygens (including phenoxy) is 1. The number of amides is 2. The number of fused-ring (bicyclic) bond motifs is 1. The molecule has 27 heavy (non-hydrogen) atoms. The Morgan fingerprint density at radius 3 is 2.33 bits per heavy atom. The van der Waals surface area contributed by atoms with Crippen LogP contribution in [-0.4, -0.2) is 36.4 Å². The lowest BCUT2D eigenvalue weighted by atomic mass is 9.97. The van der Waals surface area contributed by atoms with Crippen LogP contribution in [0.4, 0.5) is 0 Å². The van der Waals surface area contributed by atoms with E-state index in [9.17, 15) is 9.59 Å². The van der Waals surface area contributed by atoms with E-state index in [4.69, 9.17) is 4.74 Å². The first-order chi connectivity index (χ1) is 13.0. The molecule has 1 N–H and O–H groups in total. The summed E-state index contributed by atoms with van der Waals surface area (Å²) in [6.07, 6.45) is 0.846. The van der Waals surface area contributed by atoms with Crippen LogP contribution in [0.3, 0.4) is 0 Å². The largest absolute Gasteiger partial charge is 0.497 e. The summed E-state index contributed by atoms with van der Waals surface area (Å²) < 4.78 is 5.12. The van der Waals surface area contributed by atoms with Crippen molar-refractivity contribution in [3.63, 3.8) is 0 Å². The fourth-order valence-corrected chi connectivity index (χ4v) is 3.36. The molecule has 0 bridgehead atoms. The molecule has 1 aliphatic rings. The maximum atomic E-state index is 13.1. The van der Waals surface area contributed by atoms with Gasteiger partial charge in [0.25, 0.3) is 5.91 Å². The predicted molar refractivity (Wildman–Crippen MR) is 105 cm³/mol. The number of methoxy groups -OCH3 is 1. The van der Waals surface area contributed by atoms with Gasteiger partial charge in [-0.15, -0.1) is 0 Å². The molecule has 0 saturated heterocycles. The number of nitrogens with one attached hydrogen (secondary N) is 1. The molecule has 0 fully saturated rings. The van der Waals surface area contributed by atoms with Crippen LogP contribution in [-0.2, 0) is 17.8 Å². The summed E-state index contributed by atoms with van der Waals surface area (Å²) in [7, 11) is 1.58. The second-order valence-electron chi connectivity index (χ2n) is 7.20. The lowest BCUT2D eigenvalue weighted by Crippen LogP contribution is -2.52. The van der Waals surface area contributed by atoms with Gasteiger partial charge in [-0.2, -0.15) is 0 Å². The Bertz CT molecular complexity index is 815. The summed E-state index contributed by atoms with van der Waals surface area (Å²) in [6, 6.07) is 14.5. The lowest BCUT2D eigenvalue weighted by molar-refractivity contribution is -0.135. The SMILES string of the molecule is COc1ccc(C(=O)NC(C(=O)N2CCc3ccccc3C2)C(C)C)cc1. The fraction of sp³-hybridized carbons (Fsp3) is 0.364. The molecule has 0 aliphatic carbocycles. The molecule has 3 rings (SSSR count). The van der Waals surface area contributed by atoms with E-state index in [-0.39, 0.29) is 17.7 Å². The first kappa shape index (κ1) is 19.0. The maximum Gasteiger partial charge on any atom is 0.251 e. The molecule has 142 valence electrons. The molecule has 0 radical (unpaired) electrons. The highest BCUT2D eigenvalue weighted by Crippen LogP contribution is 2.20. The van der Waals surface area contributed by atoms with Crippen LogP contribution in [0.5, 0.6) is 5.75 Å². The smallest absolute Gasteiger partial charge is 0.251 e. The van der Waals surface area contributed by atoms with E-state index in [1.807, 2.05) is 30.9 Å². The molecule has 0 saturated carbocycles. The third-order valence-corrected chi connectivity index (χ3v) is 5.01. The van der Waals surface area contributed by atoms with Crippen molar-refractivity contribution in [1.82, 2.24) is 10.2 Å². The molecule has 2 aromatic carbocycles. The Balaban J connectivity index is 1.71. The van der Waals surface area contributed by atoms with Crippen molar-refractivity contribution in [3.05, 3.63) is 65.2 Å². The summed E-state index contributed by atoms with van der Waals surface area (Å²) >= 11 is 0. The van der Waals surface area contributed by atoms with E-state index >= 15 is 0 Å². The summed E-state index contributed by atoms with van der Waals surface area (Å²) in [5, 5.41) is 2.92. The standard InChI is InChI=1S/C22H26N2O3/c1-15(2)20(23-21(25)17-8-10-19(27-3)11-9-17)22(26)24-13-12-16-6-4-5-7-18(16)14-24/h4-11,15,20H,12-14H2,1-3H3,(H,23,25). The van der Waals surface area contributed by atoms with Crippen LogP contribution in [0.2, 0.25) is 0 Å². The first-order valence-corrected chi connectivity index (χ1v) is 9.30. The lowest BCUT2D eigenvalue weighted by Gasteiger charge is -2.33. The number of carbonyl (C=O) groups excluding carboxylic acids is 2. The highest BCUT2D eigenvalue weighted by molar-refractivity contribution is 5.97. The normalized spacial score (nSPS) is 14.4. The van der Waals surface area contributed by atoms with E-state index in [1.165, 1.54) is 11.1 Å². The van der Waals surface area contributed by atoms with E-state index in [0.717, 1.165) is 6.42 Å². The van der Waals surface area contributed by atoms with Crippen LogP contribution in [0.1, 0.15) is 35.3 Å². The van der Waals surface area contributed by atoms with Crippen molar-refractivity contribution in [2.24, 2.45) is 5.92 Å². The highest BCUT2D eigenvalue weighted by Gasteiger charge is 2.30. The Labute approximate surface area is 160 Å². The van der Waals surface area contributed by atoms with Crippen LogP contribution >= 0.6 is 0 Å². The third-order valence-electron chi connectivity index (χ3n) is 5.01. The number of hydrogen-bond donors (Lipinski definition) is 1. The number of carbonyl (C=O) groups is 2. The number of nitrogens with zero attached hydrogens (tertiary/aromatic N) is 1. The predicted octanol–water partition coefficient (Wildman–Crippen LogP) is 3.03. The van der Waals surface area contributed by atoms with Gasteiger partial charge in [0.05, 0.1) is 7.11 Å². The molecule has 0 aromatic heterocycles. The molecule has 5 heteroatoms. The number of benzene rings is 2. The fourth-order valence-electron chi connectivity index (χ4n) is 3.36. The Morgan fingerprint density at radius 2 is 1.70 bits per heavy atom. The third kappa shape index (κ3) is 4.30. The second kappa shape index (κ2) is 8.25. The van der Waals surface area contributed by atoms with Crippen LogP contribution < -0.4 is 10.1 Å². The average molecular weight is 366 g/mol. The van der Waals surface area contributed by atoms with Crippen molar-refractivity contribution in [3.8, 4) is 5.75 Å². The van der Waals surface area contributed by atoms with Crippen LogP contribution in [0, 0.1) is 5.92 Å². The van der Waals surface area contributed by atoms with E-state index < -0.39 is 6.04 Å². The van der Waals surface area contributed by atoms with Gasteiger partial charge in [0.2, 0.25) is 5.91 Å². The summed E-state index contributed by atoms with van der Waals surface area (Å²) in [4.78, 5) is 27.6. The quantitative estimate of drug-likeness (QED) is 0.885. The number of rotatable bonds is 5. The Hall–Kier alpha value is -2.82. The minimum absolute atomic E-state index is 0.00290. The van der Waals surface area contributed by atoms with Crippen molar-refractivity contribution in [2.45, 2.75) is 32.9 Å². The minimum atomic E-state index is -0.551. The average Bonchev–Trinajstić information content (AvgIpc) is 2.70. The molecule has 1 unspecified atom stereocenters. The van der Waals surface area contributed by atoms with Gasteiger partial charge in [0, 0.05) is 18.7 Å². The Morgan fingerprint density at radius 1 is 1.04 bits per heavy atom. The molecule has 0 spiro atoms. The first-order valence-electron chi connectivity index (χ1n) is 9.30. The van der Waals surface area contributed by atoms with Crippen molar-refractivity contribution in [2.75, 3.05) is 13.7 Å². The van der Waals surface area contributed by atoms with Gasteiger partial charge in [0.1, 0.15) is 11.8 Å². The molecule has 1 atom stereocenters. The topological polar surface area (TPSA) is 58.6 Å². The molecule has 2 amide bonds. The van der Waals surface area contributed by atoms with Crippen LogP contribution in [0.15, 0.2) is 48.5 Å². The van der Waals surface area contributed by atoms with Gasteiger partial charge >= 0.3 is 0 Å². The Kier molecular flexibility index (Phi) is 5.79. The molecule has 1 aliphatic heterocycles. The van der Waals surface area contributed by atoms with Gasteiger partial charge < -0.3 is 15.0 Å². The van der Waals surface area contributed by atoms with Crippen molar-refractivity contribution in [1.29, 1.82) is 0 Å². The van der Waals surface area contributed by atoms with Gasteiger partial charge in [-0.1, -0.05) is 38.1 Å². The molecular weight excluding hydrogens is 340 g/mol. The summed E-state index contributed by atoms with van der Waals surface area (Å²) in [5.74, 6) is 0.412. The molecule has 1 heterocycles. The van der Waals surface area contributed by atoms with Crippen molar-refractivity contribution < 1.29 is 14.3 Å².